The predicted octanol–water partition coefficient (Wildman–Crippen LogP) is 2.47. The Hall–Kier alpha value is -2.34. The van der Waals surface area contributed by atoms with Crippen LogP contribution in [0.5, 0.6) is 5.88 Å². The molecule has 1 aromatic heterocycles. The summed E-state index contributed by atoms with van der Waals surface area (Å²) < 4.78 is 7.20. The Bertz CT molecular complexity index is 767. The lowest BCUT2D eigenvalue weighted by Crippen LogP contribution is -2.21. The number of fused-ring (bicyclic) bond motifs is 1. The van der Waals surface area contributed by atoms with Crippen LogP contribution in [0.1, 0.15) is 41.8 Å². The summed E-state index contributed by atoms with van der Waals surface area (Å²) in [5.74, 6) is 0.890. The van der Waals surface area contributed by atoms with Gasteiger partial charge in [0.2, 0.25) is 11.8 Å². The molecule has 1 aliphatic rings. The second-order valence-corrected chi connectivity index (χ2v) is 6.26. The van der Waals surface area contributed by atoms with E-state index in [1.807, 2.05) is 20.0 Å². The highest BCUT2D eigenvalue weighted by atomic mass is 16.5. The SMILES string of the molecule is COc1c(CN[C@@H](C)c2ccc3c(c2)CCC(=O)N3)c(C)nn1C. The summed E-state index contributed by atoms with van der Waals surface area (Å²) in [5, 5.41) is 10.9. The smallest absolute Gasteiger partial charge is 0.224 e. The number of carbonyl (C=O) groups is 1. The number of hydrogen-bond donors (Lipinski definition) is 2. The van der Waals surface area contributed by atoms with Gasteiger partial charge in [-0.05, 0) is 37.5 Å². The molecule has 6 nitrogen and oxygen atoms in total. The van der Waals surface area contributed by atoms with E-state index in [9.17, 15) is 4.79 Å². The minimum Gasteiger partial charge on any atom is -0.481 e. The van der Waals surface area contributed by atoms with Gasteiger partial charge in [-0.3, -0.25) is 4.79 Å². The fourth-order valence-corrected chi connectivity index (χ4v) is 3.19. The third kappa shape index (κ3) is 3.14. The van der Waals surface area contributed by atoms with Crippen LogP contribution in [0.15, 0.2) is 18.2 Å². The molecule has 2 N–H and O–H groups in total. The zero-order valence-corrected chi connectivity index (χ0v) is 14.6. The number of hydrogen-bond acceptors (Lipinski definition) is 4. The second kappa shape index (κ2) is 6.65. The van der Waals surface area contributed by atoms with Crippen molar-refractivity contribution in [3.8, 4) is 5.88 Å². The Balaban J connectivity index is 1.72. The first-order valence-electron chi connectivity index (χ1n) is 8.22. The van der Waals surface area contributed by atoms with Crippen molar-refractivity contribution in [2.75, 3.05) is 12.4 Å². The van der Waals surface area contributed by atoms with Gasteiger partial charge >= 0.3 is 0 Å². The van der Waals surface area contributed by atoms with Crippen LogP contribution in [0.4, 0.5) is 5.69 Å². The second-order valence-electron chi connectivity index (χ2n) is 6.26. The summed E-state index contributed by atoms with van der Waals surface area (Å²) in [4.78, 5) is 11.5. The zero-order valence-electron chi connectivity index (χ0n) is 14.6. The standard InChI is InChI=1S/C18H24N4O2/c1-11(19-10-15-12(2)21-22(3)18(15)24-4)13-5-7-16-14(9-13)6-8-17(23)20-16/h5,7,9,11,19H,6,8,10H2,1-4H3,(H,20,23)/t11-/m0/s1. The molecule has 0 aliphatic carbocycles. The summed E-state index contributed by atoms with van der Waals surface area (Å²) in [6, 6.07) is 6.43. The molecule has 128 valence electrons. The molecule has 0 saturated heterocycles. The molecule has 0 radical (unpaired) electrons. The van der Waals surface area contributed by atoms with Gasteiger partial charge in [0.05, 0.1) is 18.4 Å². The minimum atomic E-state index is 0.0978. The Morgan fingerprint density at radius 3 is 2.96 bits per heavy atom. The van der Waals surface area contributed by atoms with Crippen molar-refractivity contribution in [1.29, 1.82) is 0 Å². The summed E-state index contributed by atoms with van der Waals surface area (Å²) >= 11 is 0. The highest BCUT2D eigenvalue weighted by Crippen LogP contribution is 2.27. The first-order chi connectivity index (χ1) is 11.5. The molecule has 1 aromatic carbocycles. The van der Waals surface area contributed by atoms with Crippen molar-refractivity contribution in [2.45, 2.75) is 39.3 Å². The summed E-state index contributed by atoms with van der Waals surface area (Å²) in [6.07, 6.45) is 1.36. The molecule has 6 heteroatoms. The van der Waals surface area contributed by atoms with Gasteiger partial charge in [-0.15, -0.1) is 0 Å². The number of anilines is 1. The van der Waals surface area contributed by atoms with Crippen LogP contribution < -0.4 is 15.4 Å². The third-order valence-electron chi connectivity index (χ3n) is 4.59. The van der Waals surface area contributed by atoms with Gasteiger partial charge in [-0.2, -0.15) is 5.10 Å². The van der Waals surface area contributed by atoms with Crippen LogP contribution in [0.25, 0.3) is 0 Å². The molecular weight excluding hydrogens is 304 g/mol. The minimum absolute atomic E-state index is 0.0978. The van der Waals surface area contributed by atoms with E-state index in [1.165, 1.54) is 11.1 Å². The number of nitrogens with one attached hydrogen (secondary N) is 2. The molecule has 0 saturated carbocycles. The number of rotatable bonds is 5. The Morgan fingerprint density at radius 2 is 2.21 bits per heavy atom. The van der Waals surface area contributed by atoms with Crippen LogP contribution in [0.3, 0.4) is 0 Å². The van der Waals surface area contributed by atoms with E-state index in [0.29, 0.717) is 13.0 Å². The van der Waals surface area contributed by atoms with Crippen molar-refractivity contribution >= 4 is 11.6 Å². The van der Waals surface area contributed by atoms with E-state index < -0.39 is 0 Å². The third-order valence-corrected chi connectivity index (χ3v) is 4.59. The largest absolute Gasteiger partial charge is 0.481 e. The van der Waals surface area contributed by atoms with Crippen LogP contribution in [0, 0.1) is 6.92 Å². The molecule has 2 heterocycles. The average molecular weight is 328 g/mol. The highest BCUT2D eigenvalue weighted by Gasteiger charge is 2.18. The highest BCUT2D eigenvalue weighted by molar-refractivity contribution is 5.93. The average Bonchev–Trinajstić information content (AvgIpc) is 2.84. The molecule has 1 atom stereocenters. The van der Waals surface area contributed by atoms with E-state index in [2.05, 4.69) is 34.8 Å². The summed E-state index contributed by atoms with van der Waals surface area (Å²) in [7, 11) is 3.55. The molecule has 3 rings (SSSR count). The molecule has 0 fully saturated rings. The van der Waals surface area contributed by atoms with Crippen LogP contribution in [0.2, 0.25) is 0 Å². The molecule has 0 unspecified atom stereocenters. The van der Waals surface area contributed by atoms with Crippen molar-refractivity contribution in [3.05, 3.63) is 40.6 Å². The Morgan fingerprint density at radius 1 is 1.42 bits per heavy atom. The maximum Gasteiger partial charge on any atom is 0.224 e. The number of ether oxygens (including phenoxy) is 1. The number of aromatic nitrogens is 2. The quantitative estimate of drug-likeness (QED) is 0.885. The number of amides is 1. The number of aryl methyl sites for hydroxylation is 3. The molecule has 0 spiro atoms. The Labute approximate surface area is 142 Å². The van der Waals surface area contributed by atoms with Crippen molar-refractivity contribution in [2.24, 2.45) is 7.05 Å². The normalized spacial score (nSPS) is 14.9. The van der Waals surface area contributed by atoms with Gasteiger partial charge < -0.3 is 15.4 Å². The van der Waals surface area contributed by atoms with Crippen LogP contribution >= 0.6 is 0 Å². The predicted molar refractivity (Wildman–Crippen MR) is 93.1 cm³/mol. The number of benzene rings is 1. The molecule has 1 amide bonds. The maximum absolute atomic E-state index is 11.5. The van der Waals surface area contributed by atoms with Crippen LogP contribution in [-0.2, 0) is 24.8 Å². The van der Waals surface area contributed by atoms with Crippen molar-refractivity contribution < 1.29 is 9.53 Å². The van der Waals surface area contributed by atoms with Gasteiger partial charge in [0.1, 0.15) is 0 Å². The van der Waals surface area contributed by atoms with Crippen molar-refractivity contribution in [1.82, 2.24) is 15.1 Å². The number of methoxy groups -OCH3 is 1. The van der Waals surface area contributed by atoms with Crippen molar-refractivity contribution in [3.63, 3.8) is 0 Å². The maximum atomic E-state index is 11.5. The first kappa shape index (κ1) is 16.5. The topological polar surface area (TPSA) is 68.2 Å². The van der Waals surface area contributed by atoms with E-state index in [0.717, 1.165) is 29.2 Å². The first-order valence-corrected chi connectivity index (χ1v) is 8.22. The van der Waals surface area contributed by atoms with E-state index in [-0.39, 0.29) is 11.9 Å². The van der Waals surface area contributed by atoms with Gasteiger partial charge in [0.15, 0.2) is 0 Å². The fraction of sp³-hybridized carbons (Fsp3) is 0.444. The van der Waals surface area contributed by atoms with E-state index in [4.69, 9.17) is 4.74 Å². The lowest BCUT2D eigenvalue weighted by atomic mass is 9.97. The fourth-order valence-electron chi connectivity index (χ4n) is 3.19. The molecule has 2 aromatic rings. The Kier molecular flexibility index (Phi) is 4.57. The van der Waals surface area contributed by atoms with Gasteiger partial charge in [0, 0.05) is 31.7 Å². The summed E-state index contributed by atoms with van der Waals surface area (Å²) in [6.45, 7) is 4.82. The monoisotopic (exact) mass is 328 g/mol. The van der Waals surface area contributed by atoms with E-state index >= 15 is 0 Å². The van der Waals surface area contributed by atoms with Gasteiger partial charge in [-0.25, -0.2) is 4.68 Å². The molecule has 1 aliphatic heterocycles. The molecular formula is C18H24N4O2. The lowest BCUT2D eigenvalue weighted by Gasteiger charge is -2.20. The van der Waals surface area contributed by atoms with Gasteiger partial charge in [-0.1, -0.05) is 12.1 Å². The van der Waals surface area contributed by atoms with Gasteiger partial charge in [0.25, 0.3) is 0 Å². The van der Waals surface area contributed by atoms with Crippen LogP contribution in [-0.4, -0.2) is 22.8 Å². The number of carbonyl (C=O) groups excluding carboxylic acids is 1. The number of nitrogens with zero attached hydrogens (tertiary/aromatic N) is 2. The van der Waals surface area contributed by atoms with E-state index in [1.54, 1.807) is 11.8 Å². The molecule has 24 heavy (non-hydrogen) atoms. The summed E-state index contributed by atoms with van der Waals surface area (Å²) in [5.41, 5.74) is 5.41. The molecule has 0 bridgehead atoms. The lowest BCUT2D eigenvalue weighted by molar-refractivity contribution is -0.116. The zero-order chi connectivity index (χ0) is 17.3.